The smallest absolute Gasteiger partial charge is 0.270 e. The predicted molar refractivity (Wildman–Crippen MR) is 84.4 cm³/mol. The molecule has 1 saturated heterocycles. The highest BCUT2D eigenvalue weighted by Gasteiger charge is 2.31. The number of carbonyl (C=O) groups excluding carboxylic acids is 1. The van der Waals surface area contributed by atoms with Crippen molar-refractivity contribution in [2.24, 2.45) is 7.05 Å². The standard InChI is InChI=1S/C18H22N2O/c1-14-10-12-19(2)17(14)18(21)20-11-6-9-16(20)13-15-7-4-3-5-8-15/h3-5,7-8,10,12,16H,6,9,11,13H2,1-2H3. The second-order valence-corrected chi connectivity index (χ2v) is 5.94. The van der Waals surface area contributed by atoms with Crippen molar-refractivity contribution >= 4 is 5.91 Å². The Labute approximate surface area is 126 Å². The molecule has 3 heteroatoms. The van der Waals surface area contributed by atoms with Gasteiger partial charge < -0.3 is 9.47 Å². The minimum atomic E-state index is 0.179. The number of nitrogens with zero attached hydrogens (tertiary/aromatic N) is 2. The van der Waals surface area contributed by atoms with Crippen LogP contribution in [0.1, 0.15) is 34.5 Å². The third kappa shape index (κ3) is 2.73. The van der Waals surface area contributed by atoms with Crippen molar-refractivity contribution in [2.75, 3.05) is 6.54 Å². The summed E-state index contributed by atoms with van der Waals surface area (Å²) in [6, 6.07) is 12.8. The van der Waals surface area contributed by atoms with E-state index in [0.717, 1.165) is 37.1 Å². The topological polar surface area (TPSA) is 25.2 Å². The molecule has 1 aliphatic heterocycles. The third-order valence-corrected chi connectivity index (χ3v) is 4.43. The molecule has 21 heavy (non-hydrogen) atoms. The normalized spacial score (nSPS) is 18.2. The summed E-state index contributed by atoms with van der Waals surface area (Å²) in [7, 11) is 1.95. The van der Waals surface area contributed by atoms with Gasteiger partial charge in [0.05, 0.1) is 0 Å². The fourth-order valence-corrected chi connectivity index (χ4v) is 3.31. The van der Waals surface area contributed by atoms with Gasteiger partial charge in [-0.3, -0.25) is 4.79 Å². The van der Waals surface area contributed by atoms with E-state index in [0.29, 0.717) is 6.04 Å². The molecule has 1 fully saturated rings. The zero-order valence-electron chi connectivity index (χ0n) is 12.7. The number of carbonyl (C=O) groups is 1. The van der Waals surface area contributed by atoms with Crippen LogP contribution in [0.5, 0.6) is 0 Å². The lowest BCUT2D eigenvalue weighted by Gasteiger charge is -2.25. The Morgan fingerprint density at radius 2 is 2.00 bits per heavy atom. The Morgan fingerprint density at radius 3 is 2.67 bits per heavy atom. The molecule has 0 aliphatic carbocycles. The third-order valence-electron chi connectivity index (χ3n) is 4.43. The molecule has 110 valence electrons. The van der Waals surface area contributed by atoms with Crippen LogP contribution >= 0.6 is 0 Å². The molecule has 0 radical (unpaired) electrons. The Kier molecular flexibility index (Phi) is 3.82. The van der Waals surface area contributed by atoms with Crippen molar-refractivity contribution < 1.29 is 4.79 Å². The molecule has 2 heterocycles. The van der Waals surface area contributed by atoms with Gasteiger partial charge in [-0.2, -0.15) is 0 Å². The van der Waals surface area contributed by atoms with Crippen molar-refractivity contribution in [3.8, 4) is 0 Å². The van der Waals surface area contributed by atoms with E-state index in [2.05, 4.69) is 29.2 Å². The lowest BCUT2D eigenvalue weighted by Crippen LogP contribution is -2.38. The van der Waals surface area contributed by atoms with Crippen LogP contribution in [-0.4, -0.2) is 28.0 Å². The van der Waals surface area contributed by atoms with Gasteiger partial charge >= 0.3 is 0 Å². The highest BCUT2D eigenvalue weighted by Crippen LogP contribution is 2.24. The van der Waals surface area contributed by atoms with Gasteiger partial charge in [0.1, 0.15) is 5.69 Å². The van der Waals surface area contributed by atoms with Crippen molar-refractivity contribution in [2.45, 2.75) is 32.2 Å². The first-order chi connectivity index (χ1) is 10.2. The minimum absolute atomic E-state index is 0.179. The van der Waals surface area contributed by atoms with E-state index in [-0.39, 0.29) is 5.91 Å². The molecule has 3 nitrogen and oxygen atoms in total. The SMILES string of the molecule is Cc1ccn(C)c1C(=O)N1CCCC1Cc1ccccc1. The van der Waals surface area contributed by atoms with Crippen molar-refractivity contribution in [3.63, 3.8) is 0 Å². The fraction of sp³-hybridized carbons (Fsp3) is 0.389. The lowest BCUT2D eigenvalue weighted by atomic mass is 10.0. The molecule has 1 aromatic heterocycles. The molecule has 0 N–H and O–H groups in total. The molecule has 1 atom stereocenters. The zero-order valence-corrected chi connectivity index (χ0v) is 12.7. The molecule has 0 spiro atoms. The minimum Gasteiger partial charge on any atom is -0.346 e. The van der Waals surface area contributed by atoms with Gasteiger partial charge in [-0.15, -0.1) is 0 Å². The molecule has 1 aliphatic rings. The highest BCUT2D eigenvalue weighted by molar-refractivity contribution is 5.94. The Balaban J connectivity index is 1.79. The fourth-order valence-electron chi connectivity index (χ4n) is 3.31. The van der Waals surface area contributed by atoms with E-state index in [9.17, 15) is 4.79 Å². The lowest BCUT2D eigenvalue weighted by molar-refractivity contribution is 0.0726. The molecule has 0 saturated carbocycles. The number of aromatic nitrogens is 1. The summed E-state index contributed by atoms with van der Waals surface area (Å²) in [5.74, 6) is 0.179. The molecule has 3 rings (SSSR count). The first-order valence-electron chi connectivity index (χ1n) is 7.63. The number of benzene rings is 1. The molecule has 0 bridgehead atoms. The van der Waals surface area contributed by atoms with Gasteiger partial charge in [0.2, 0.25) is 0 Å². The van der Waals surface area contributed by atoms with E-state index < -0.39 is 0 Å². The second-order valence-electron chi connectivity index (χ2n) is 5.94. The summed E-state index contributed by atoms with van der Waals surface area (Å²) in [6.07, 6.45) is 5.12. The average molecular weight is 282 g/mol. The number of amides is 1. The van der Waals surface area contributed by atoms with Crippen LogP contribution in [-0.2, 0) is 13.5 Å². The zero-order chi connectivity index (χ0) is 14.8. The maximum atomic E-state index is 12.9. The number of hydrogen-bond acceptors (Lipinski definition) is 1. The van der Waals surface area contributed by atoms with Gasteiger partial charge in [0.15, 0.2) is 0 Å². The van der Waals surface area contributed by atoms with E-state index >= 15 is 0 Å². The second kappa shape index (κ2) is 5.76. The van der Waals surface area contributed by atoms with E-state index in [4.69, 9.17) is 0 Å². The van der Waals surface area contributed by atoms with Gasteiger partial charge in [-0.1, -0.05) is 30.3 Å². The number of likely N-dealkylation sites (tertiary alicyclic amines) is 1. The summed E-state index contributed by atoms with van der Waals surface area (Å²) in [4.78, 5) is 14.9. The Hall–Kier alpha value is -2.03. The Morgan fingerprint density at radius 1 is 1.24 bits per heavy atom. The van der Waals surface area contributed by atoms with Gasteiger partial charge in [0.25, 0.3) is 5.91 Å². The van der Waals surface area contributed by atoms with Crippen LogP contribution < -0.4 is 0 Å². The first-order valence-corrected chi connectivity index (χ1v) is 7.63. The summed E-state index contributed by atoms with van der Waals surface area (Å²) in [6.45, 7) is 2.89. The molecule has 1 unspecified atom stereocenters. The van der Waals surface area contributed by atoms with Crippen LogP contribution in [0.4, 0.5) is 0 Å². The largest absolute Gasteiger partial charge is 0.346 e. The van der Waals surface area contributed by atoms with Crippen molar-refractivity contribution in [3.05, 3.63) is 59.4 Å². The molecule has 2 aromatic rings. The van der Waals surface area contributed by atoms with Gasteiger partial charge in [-0.25, -0.2) is 0 Å². The summed E-state index contributed by atoms with van der Waals surface area (Å²) in [5, 5.41) is 0. The monoisotopic (exact) mass is 282 g/mol. The molecular formula is C18H22N2O. The number of hydrogen-bond donors (Lipinski definition) is 0. The maximum Gasteiger partial charge on any atom is 0.270 e. The maximum absolute atomic E-state index is 12.9. The van der Waals surface area contributed by atoms with E-state index in [1.165, 1.54) is 5.56 Å². The summed E-state index contributed by atoms with van der Waals surface area (Å²) >= 11 is 0. The molecular weight excluding hydrogens is 260 g/mol. The first kappa shape index (κ1) is 13.9. The van der Waals surface area contributed by atoms with Gasteiger partial charge in [0, 0.05) is 25.8 Å². The number of rotatable bonds is 3. The van der Waals surface area contributed by atoms with Crippen LogP contribution in [0.25, 0.3) is 0 Å². The van der Waals surface area contributed by atoms with Crippen LogP contribution in [0.3, 0.4) is 0 Å². The number of aryl methyl sites for hydroxylation is 2. The quantitative estimate of drug-likeness (QED) is 0.849. The van der Waals surface area contributed by atoms with E-state index in [1.807, 2.05) is 36.9 Å². The van der Waals surface area contributed by atoms with Crippen LogP contribution in [0, 0.1) is 6.92 Å². The highest BCUT2D eigenvalue weighted by atomic mass is 16.2. The van der Waals surface area contributed by atoms with Crippen LogP contribution in [0.15, 0.2) is 42.6 Å². The van der Waals surface area contributed by atoms with Crippen LogP contribution in [0.2, 0.25) is 0 Å². The van der Waals surface area contributed by atoms with Crippen molar-refractivity contribution in [1.82, 2.24) is 9.47 Å². The predicted octanol–water partition coefficient (Wildman–Crippen LogP) is 3.18. The molecule has 1 aromatic carbocycles. The van der Waals surface area contributed by atoms with Crippen molar-refractivity contribution in [1.29, 1.82) is 0 Å². The molecule has 1 amide bonds. The summed E-state index contributed by atoms with van der Waals surface area (Å²) in [5.41, 5.74) is 3.20. The van der Waals surface area contributed by atoms with E-state index in [1.54, 1.807) is 0 Å². The average Bonchev–Trinajstić information content (AvgIpc) is 3.07. The van der Waals surface area contributed by atoms with Gasteiger partial charge in [-0.05, 0) is 43.4 Å². The Bertz CT molecular complexity index is 610. The summed E-state index contributed by atoms with van der Waals surface area (Å²) < 4.78 is 1.94.